The summed E-state index contributed by atoms with van der Waals surface area (Å²) in [6, 6.07) is 15.4. The first-order valence-corrected chi connectivity index (χ1v) is 13.1. The zero-order chi connectivity index (χ0) is 28.0. The third-order valence-corrected chi connectivity index (χ3v) is 7.72. The van der Waals surface area contributed by atoms with Gasteiger partial charge in [-0.15, -0.1) is 5.10 Å². The molecule has 208 valence electrons. The lowest BCUT2D eigenvalue weighted by Gasteiger charge is -2.26. The van der Waals surface area contributed by atoms with Crippen LogP contribution in [0.5, 0.6) is 0 Å². The van der Waals surface area contributed by atoms with Gasteiger partial charge in [-0.05, 0) is 61.2 Å². The van der Waals surface area contributed by atoms with E-state index in [0.717, 1.165) is 35.7 Å². The Bertz CT molecular complexity index is 1560. The van der Waals surface area contributed by atoms with Crippen LogP contribution >= 0.6 is 0 Å². The summed E-state index contributed by atoms with van der Waals surface area (Å²) >= 11 is 0. The first-order chi connectivity index (χ1) is 19.2. The van der Waals surface area contributed by atoms with Crippen molar-refractivity contribution >= 4 is 23.2 Å². The molecule has 1 aromatic carbocycles. The van der Waals surface area contributed by atoms with Gasteiger partial charge < -0.3 is 14.7 Å². The van der Waals surface area contributed by atoms with Crippen molar-refractivity contribution in [2.45, 2.75) is 37.5 Å². The average molecular weight is 554 g/mol. The van der Waals surface area contributed by atoms with Crippen LogP contribution in [0.4, 0.5) is 29.2 Å². The van der Waals surface area contributed by atoms with Crippen LogP contribution in [-0.2, 0) is 4.79 Å². The van der Waals surface area contributed by atoms with Crippen molar-refractivity contribution < 1.29 is 22.4 Å². The molecule has 0 bridgehead atoms. The fourth-order valence-corrected chi connectivity index (χ4v) is 5.67. The lowest BCUT2D eigenvalue weighted by atomic mass is 10.0. The van der Waals surface area contributed by atoms with Crippen molar-refractivity contribution in [2.24, 2.45) is 0 Å². The molecule has 4 aromatic rings. The summed E-state index contributed by atoms with van der Waals surface area (Å²) in [5.74, 6) is -0.760. The van der Waals surface area contributed by atoms with Crippen molar-refractivity contribution in [3.05, 3.63) is 72.2 Å². The summed E-state index contributed by atoms with van der Waals surface area (Å²) in [5, 5.41) is 4.88. The fourth-order valence-electron chi connectivity index (χ4n) is 5.67. The highest BCUT2D eigenvalue weighted by molar-refractivity contribution is 5.82. The quantitative estimate of drug-likeness (QED) is 0.329. The van der Waals surface area contributed by atoms with Crippen molar-refractivity contribution in [3.8, 4) is 11.4 Å². The maximum Gasteiger partial charge on any atom is 0.471 e. The van der Waals surface area contributed by atoms with Gasteiger partial charge in [0.1, 0.15) is 23.1 Å². The highest BCUT2D eigenvalue weighted by Crippen LogP contribution is 2.36. The third-order valence-electron chi connectivity index (χ3n) is 7.72. The Kier molecular flexibility index (Phi) is 6.55. The smallest absolute Gasteiger partial charge is 0.354 e. The average Bonchev–Trinajstić information content (AvgIpc) is 3.71. The van der Waals surface area contributed by atoms with Crippen LogP contribution in [0.15, 0.2) is 60.8 Å². The number of benzene rings is 1. The molecule has 0 saturated carbocycles. The number of fused-ring (bicyclic) bond motifs is 1. The van der Waals surface area contributed by atoms with E-state index in [1.807, 2.05) is 35.2 Å². The molecule has 40 heavy (non-hydrogen) atoms. The van der Waals surface area contributed by atoms with Gasteiger partial charge in [-0.1, -0.05) is 18.2 Å². The molecule has 2 fully saturated rings. The molecule has 8 nitrogen and oxygen atoms in total. The lowest BCUT2D eigenvalue weighted by Crippen LogP contribution is -2.45. The number of carbonyl (C=O) groups excluding carboxylic acids is 1. The van der Waals surface area contributed by atoms with Crippen LogP contribution in [0.2, 0.25) is 0 Å². The van der Waals surface area contributed by atoms with Gasteiger partial charge >= 0.3 is 12.1 Å². The van der Waals surface area contributed by atoms with Crippen molar-refractivity contribution in [3.63, 3.8) is 0 Å². The topological polar surface area (TPSA) is 69.9 Å². The second-order valence-electron chi connectivity index (χ2n) is 10.2. The van der Waals surface area contributed by atoms with Crippen molar-refractivity contribution in [1.82, 2.24) is 24.5 Å². The SMILES string of the molecule is CN(C(=O)C(F)(F)F)C1CCN(c2cccc(-c3cnc4ccc(N5CCC[C@@H]5c5cccc(F)c5)nn34)n2)C1. The first kappa shape index (κ1) is 26.0. The third kappa shape index (κ3) is 4.82. The van der Waals surface area contributed by atoms with E-state index in [0.29, 0.717) is 35.8 Å². The number of carbonyl (C=O) groups is 1. The monoisotopic (exact) mass is 553 g/mol. The fraction of sp³-hybridized carbons (Fsp3) is 0.357. The number of anilines is 2. The van der Waals surface area contributed by atoms with Crippen LogP contribution in [0, 0.1) is 5.82 Å². The molecule has 2 atom stereocenters. The highest BCUT2D eigenvalue weighted by atomic mass is 19.4. The molecule has 1 unspecified atom stereocenters. The molecule has 1 amide bonds. The van der Waals surface area contributed by atoms with Gasteiger partial charge in [0.25, 0.3) is 0 Å². The Hall–Kier alpha value is -4.22. The largest absolute Gasteiger partial charge is 0.471 e. The maximum atomic E-state index is 13.9. The van der Waals surface area contributed by atoms with Crippen LogP contribution in [0.1, 0.15) is 30.9 Å². The predicted molar refractivity (Wildman–Crippen MR) is 141 cm³/mol. The number of pyridine rings is 1. The summed E-state index contributed by atoms with van der Waals surface area (Å²) in [6.45, 7) is 1.52. The molecular weight excluding hydrogens is 526 g/mol. The van der Waals surface area contributed by atoms with Crippen LogP contribution in [0.3, 0.4) is 0 Å². The number of alkyl halides is 3. The van der Waals surface area contributed by atoms with E-state index in [-0.39, 0.29) is 18.4 Å². The van der Waals surface area contributed by atoms with E-state index in [1.165, 1.54) is 13.1 Å². The molecule has 0 N–H and O–H groups in total. The molecule has 0 spiro atoms. The number of nitrogens with zero attached hydrogens (tertiary/aromatic N) is 7. The molecule has 0 radical (unpaired) electrons. The van der Waals surface area contributed by atoms with E-state index < -0.39 is 18.1 Å². The number of hydrogen-bond acceptors (Lipinski definition) is 6. The van der Waals surface area contributed by atoms with E-state index in [2.05, 4.69) is 9.88 Å². The van der Waals surface area contributed by atoms with Gasteiger partial charge in [-0.25, -0.2) is 18.9 Å². The number of amides is 1. The predicted octanol–water partition coefficient (Wildman–Crippen LogP) is 4.87. The molecule has 6 rings (SSSR count). The highest BCUT2D eigenvalue weighted by Gasteiger charge is 2.44. The van der Waals surface area contributed by atoms with Gasteiger partial charge in [-0.2, -0.15) is 13.2 Å². The minimum Gasteiger partial charge on any atom is -0.354 e. The van der Waals surface area contributed by atoms with Gasteiger partial charge in [0.05, 0.1) is 24.0 Å². The van der Waals surface area contributed by atoms with Gasteiger partial charge in [0.15, 0.2) is 5.65 Å². The van der Waals surface area contributed by atoms with E-state index in [1.54, 1.807) is 28.9 Å². The van der Waals surface area contributed by atoms with E-state index in [4.69, 9.17) is 10.1 Å². The zero-order valence-corrected chi connectivity index (χ0v) is 21.7. The maximum absolute atomic E-state index is 13.9. The zero-order valence-electron chi connectivity index (χ0n) is 21.7. The Labute approximate surface area is 227 Å². The van der Waals surface area contributed by atoms with Gasteiger partial charge in [0, 0.05) is 26.7 Å². The molecule has 5 heterocycles. The minimum absolute atomic E-state index is 0.0135. The standard InChI is InChI=1S/C28H27F4N7O/c1-36(27(40)28(30,31)32)20-12-14-37(17-20)25-9-3-7-21(34-25)23-16-33-24-10-11-26(35-39(23)24)38-13-4-8-22(38)18-5-2-6-19(29)15-18/h2-3,5-7,9-11,15-16,20,22H,4,8,12-14,17H2,1H3/t20?,22-/m1/s1. The summed E-state index contributed by atoms with van der Waals surface area (Å²) < 4.78 is 54.4. The first-order valence-electron chi connectivity index (χ1n) is 13.1. The number of rotatable bonds is 5. The molecule has 3 aromatic heterocycles. The number of hydrogen-bond donors (Lipinski definition) is 0. The molecule has 0 aliphatic carbocycles. The van der Waals surface area contributed by atoms with Crippen molar-refractivity contribution in [1.29, 1.82) is 0 Å². The number of halogens is 4. The second kappa shape index (κ2) is 10.1. The normalized spacial score (nSPS) is 19.5. The number of imidazole rings is 1. The van der Waals surface area contributed by atoms with Crippen LogP contribution in [0.25, 0.3) is 17.0 Å². The van der Waals surface area contributed by atoms with Crippen molar-refractivity contribution in [2.75, 3.05) is 36.5 Å². The molecule has 2 aliphatic heterocycles. The number of aromatic nitrogens is 4. The molecule has 12 heteroatoms. The Morgan fingerprint density at radius 3 is 2.65 bits per heavy atom. The van der Waals surface area contributed by atoms with Crippen LogP contribution < -0.4 is 9.80 Å². The van der Waals surface area contributed by atoms with E-state index >= 15 is 0 Å². The summed E-state index contributed by atoms with van der Waals surface area (Å²) in [5.41, 5.74) is 2.83. The second-order valence-corrected chi connectivity index (χ2v) is 10.2. The summed E-state index contributed by atoms with van der Waals surface area (Å²) in [6.07, 6.45) is -0.949. The van der Waals surface area contributed by atoms with E-state index in [9.17, 15) is 22.4 Å². The molecule has 2 saturated heterocycles. The van der Waals surface area contributed by atoms with Gasteiger partial charge in [-0.3, -0.25) is 4.79 Å². The lowest BCUT2D eigenvalue weighted by molar-refractivity contribution is -0.185. The number of likely N-dealkylation sites (N-methyl/N-ethyl adjacent to an activating group) is 1. The summed E-state index contributed by atoms with van der Waals surface area (Å²) in [7, 11) is 1.19. The Balaban J connectivity index is 1.26. The minimum atomic E-state index is -4.90. The van der Waals surface area contributed by atoms with Gasteiger partial charge in [0.2, 0.25) is 0 Å². The summed E-state index contributed by atoms with van der Waals surface area (Å²) in [4.78, 5) is 25.8. The van der Waals surface area contributed by atoms with Crippen LogP contribution in [-0.4, -0.2) is 69.3 Å². The molecular formula is C28H27F4N7O. The Morgan fingerprint density at radius 2 is 1.85 bits per heavy atom. The molecule has 2 aliphatic rings. The Morgan fingerprint density at radius 1 is 1.02 bits per heavy atom.